The zero-order valence-corrected chi connectivity index (χ0v) is 13.8. The highest BCUT2D eigenvalue weighted by atomic mass is 32.2. The number of nitrogens with one attached hydrogen (secondary N) is 2. The molecule has 2 N–H and O–H groups in total. The van der Waals surface area contributed by atoms with Gasteiger partial charge in [-0.1, -0.05) is 18.2 Å². The van der Waals surface area contributed by atoms with E-state index in [1.54, 1.807) is 19.1 Å². The number of halogens is 2. The largest absolute Gasteiger partial charge is 0.345 e. The first kappa shape index (κ1) is 17.9. The van der Waals surface area contributed by atoms with Crippen LogP contribution >= 0.6 is 0 Å². The van der Waals surface area contributed by atoms with Crippen LogP contribution in [0.1, 0.15) is 28.9 Å². The lowest BCUT2D eigenvalue weighted by molar-refractivity contribution is 0.0940. The van der Waals surface area contributed by atoms with Gasteiger partial charge in [-0.05, 0) is 36.8 Å². The Hall–Kier alpha value is -2.48. The van der Waals surface area contributed by atoms with Gasteiger partial charge >= 0.3 is 0 Å². The van der Waals surface area contributed by atoms with E-state index in [2.05, 4.69) is 10.0 Å². The van der Waals surface area contributed by atoms with Gasteiger partial charge in [0, 0.05) is 0 Å². The van der Waals surface area contributed by atoms with Gasteiger partial charge in [-0.15, -0.1) is 0 Å². The summed E-state index contributed by atoms with van der Waals surface area (Å²) in [5.41, 5.74) is 0.642. The molecule has 24 heavy (non-hydrogen) atoms. The van der Waals surface area contributed by atoms with Crippen LogP contribution in [0.15, 0.2) is 42.5 Å². The molecule has 0 fully saturated rings. The summed E-state index contributed by atoms with van der Waals surface area (Å²) in [5, 5.41) is 2.62. The molecule has 1 atom stereocenters. The molecule has 0 saturated heterocycles. The highest BCUT2D eigenvalue weighted by molar-refractivity contribution is 7.92. The van der Waals surface area contributed by atoms with Crippen molar-refractivity contribution in [2.45, 2.75) is 13.0 Å². The normalized spacial score (nSPS) is 12.5. The Morgan fingerprint density at radius 3 is 2.38 bits per heavy atom. The Labute approximate surface area is 138 Å². The van der Waals surface area contributed by atoms with E-state index >= 15 is 0 Å². The van der Waals surface area contributed by atoms with Gasteiger partial charge in [0.25, 0.3) is 5.91 Å². The summed E-state index contributed by atoms with van der Waals surface area (Å²) in [6.07, 6.45) is 0.978. The molecular weight excluding hydrogens is 338 g/mol. The molecule has 0 spiro atoms. The Morgan fingerprint density at radius 2 is 1.75 bits per heavy atom. The molecule has 0 aliphatic heterocycles. The van der Waals surface area contributed by atoms with Crippen LogP contribution in [0.3, 0.4) is 0 Å². The second kappa shape index (κ2) is 6.96. The van der Waals surface area contributed by atoms with E-state index in [0.717, 1.165) is 18.4 Å². The summed E-state index contributed by atoms with van der Waals surface area (Å²) in [5.74, 6) is -2.52. The molecule has 0 heterocycles. The van der Waals surface area contributed by atoms with E-state index in [1.807, 2.05) is 0 Å². The summed E-state index contributed by atoms with van der Waals surface area (Å²) < 4.78 is 51.3. The van der Waals surface area contributed by atoms with Gasteiger partial charge in [-0.3, -0.25) is 9.52 Å². The molecule has 0 aliphatic carbocycles. The van der Waals surface area contributed by atoms with E-state index in [1.165, 1.54) is 18.2 Å². The van der Waals surface area contributed by atoms with E-state index in [-0.39, 0.29) is 11.3 Å². The first-order valence-electron chi connectivity index (χ1n) is 7.00. The second-order valence-corrected chi connectivity index (χ2v) is 7.04. The number of hydrogen-bond acceptors (Lipinski definition) is 3. The first-order valence-corrected chi connectivity index (χ1v) is 8.89. The average molecular weight is 354 g/mol. The van der Waals surface area contributed by atoms with E-state index < -0.39 is 33.6 Å². The lowest BCUT2D eigenvalue weighted by atomic mass is 10.1. The van der Waals surface area contributed by atoms with E-state index in [0.29, 0.717) is 5.56 Å². The van der Waals surface area contributed by atoms with Crippen molar-refractivity contribution in [3.63, 3.8) is 0 Å². The van der Waals surface area contributed by atoms with Crippen LogP contribution in [-0.2, 0) is 10.0 Å². The number of para-hydroxylation sites is 1. The van der Waals surface area contributed by atoms with Crippen LogP contribution in [0, 0.1) is 11.6 Å². The number of carbonyl (C=O) groups excluding carboxylic acids is 1. The highest BCUT2D eigenvalue weighted by Gasteiger charge is 2.17. The quantitative estimate of drug-likeness (QED) is 0.867. The number of amides is 1. The zero-order valence-electron chi connectivity index (χ0n) is 13.0. The lowest BCUT2D eigenvalue weighted by Gasteiger charge is -2.16. The standard InChI is InChI=1S/C16H16F2N2O3S/c1-10(11-7-8-13(17)14(18)9-11)19-16(21)12-5-3-4-6-15(12)20-24(2,22)23/h3-10,20H,1-2H3,(H,19,21). The molecule has 2 aromatic carbocycles. The van der Waals surface area contributed by atoms with Crippen molar-refractivity contribution in [3.05, 3.63) is 65.2 Å². The third-order valence-corrected chi connectivity index (χ3v) is 3.85. The summed E-state index contributed by atoms with van der Waals surface area (Å²) in [4.78, 5) is 12.4. The summed E-state index contributed by atoms with van der Waals surface area (Å²) >= 11 is 0. The number of sulfonamides is 1. The van der Waals surface area contributed by atoms with Crippen LogP contribution < -0.4 is 10.0 Å². The number of hydrogen-bond donors (Lipinski definition) is 2. The summed E-state index contributed by atoms with van der Waals surface area (Å²) in [6.45, 7) is 1.61. The van der Waals surface area contributed by atoms with Gasteiger partial charge in [0.2, 0.25) is 10.0 Å². The van der Waals surface area contributed by atoms with Gasteiger partial charge in [-0.25, -0.2) is 17.2 Å². The van der Waals surface area contributed by atoms with Gasteiger partial charge < -0.3 is 5.32 Å². The maximum Gasteiger partial charge on any atom is 0.253 e. The van der Waals surface area contributed by atoms with Crippen molar-refractivity contribution < 1.29 is 22.0 Å². The molecule has 128 valence electrons. The third-order valence-electron chi connectivity index (χ3n) is 3.26. The van der Waals surface area contributed by atoms with Crippen LogP contribution in [0.5, 0.6) is 0 Å². The van der Waals surface area contributed by atoms with E-state index in [4.69, 9.17) is 0 Å². The minimum atomic E-state index is -3.55. The molecule has 0 radical (unpaired) electrons. The molecule has 0 aliphatic rings. The van der Waals surface area contributed by atoms with Gasteiger partial charge in [0.1, 0.15) is 0 Å². The van der Waals surface area contributed by atoms with Crippen molar-refractivity contribution in [1.29, 1.82) is 0 Å². The SMILES string of the molecule is CC(NC(=O)c1ccccc1NS(C)(=O)=O)c1ccc(F)c(F)c1. The molecule has 0 bridgehead atoms. The predicted octanol–water partition coefficient (Wildman–Crippen LogP) is 2.83. The van der Waals surface area contributed by atoms with Crippen molar-refractivity contribution in [2.75, 3.05) is 11.0 Å². The van der Waals surface area contributed by atoms with Crippen molar-refractivity contribution in [1.82, 2.24) is 5.32 Å². The Bertz CT molecular complexity index is 869. The highest BCUT2D eigenvalue weighted by Crippen LogP contribution is 2.20. The second-order valence-electron chi connectivity index (χ2n) is 5.29. The van der Waals surface area contributed by atoms with Gasteiger partial charge in [-0.2, -0.15) is 0 Å². The fourth-order valence-electron chi connectivity index (χ4n) is 2.11. The maximum absolute atomic E-state index is 13.3. The Balaban J connectivity index is 2.22. The van der Waals surface area contributed by atoms with Crippen LogP contribution in [0.4, 0.5) is 14.5 Å². The predicted molar refractivity (Wildman–Crippen MR) is 87.1 cm³/mol. The monoisotopic (exact) mass is 354 g/mol. The average Bonchev–Trinajstić information content (AvgIpc) is 2.48. The number of rotatable bonds is 5. The van der Waals surface area contributed by atoms with Gasteiger partial charge in [0.15, 0.2) is 11.6 Å². The van der Waals surface area contributed by atoms with Gasteiger partial charge in [0.05, 0.1) is 23.5 Å². The fraction of sp³-hybridized carbons (Fsp3) is 0.188. The molecule has 0 aromatic heterocycles. The maximum atomic E-state index is 13.3. The molecule has 1 unspecified atom stereocenters. The Morgan fingerprint density at radius 1 is 1.08 bits per heavy atom. The molecule has 0 saturated carbocycles. The first-order chi connectivity index (χ1) is 11.2. The third kappa shape index (κ3) is 4.51. The minimum Gasteiger partial charge on any atom is -0.345 e. The minimum absolute atomic E-state index is 0.123. The fourth-order valence-corrected chi connectivity index (χ4v) is 2.69. The molecule has 5 nitrogen and oxygen atoms in total. The van der Waals surface area contributed by atoms with Crippen molar-refractivity contribution >= 4 is 21.6 Å². The van der Waals surface area contributed by atoms with Crippen molar-refractivity contribution in [3.8, 4) is 0 Å². The van der Waals surface area contributed by atoms with Crippen LogP contribution in [0.2, 0.25) is 0 Å². The van der Waals surface area contributed by atoms with Crippen molar-refractivity contribution in [2.24, 2.45) is 0 Å². The summed E-state index contributed by atoms with van der Waals surface area (Å²) in [7, 11) is -3.55. The number of carbonyl (C=O) groups is 1. The smallest absolute Gasteiger partial charge is 0.253 e. The van der Waals surface area contributed by atoms with E-state index in [9.17, 15) is 22.0 Å². The van der Waals surface area contributed by atoms with Crippen LogP contribution in [-0.4, -0.2) is 20.6 Å². The molecule has 2 rings (SSSR count). The molecule has 2 aromatic rings. The molecular formula is C16H16F2N2O3S. The van der Waals surface area contributed by atoms with Crippen LogP contribution in [0.25, 0.3) is 0 Å². The number of benzene rings is 2. The molecule has 1 amide bonds. The molecule has 8 heteroatoms. The topological polar surface area (TPSA) is 75.3 Å². The zero-order chi connectivity index (χ0) is 17.9. The lowest BCUT2D eigenvalue weighted by Crippen LogP contribution is -2.28. The number of anilines is 1. The summed E-state index contributed by atoms with van der Waals surface area (Å²) in [6, 6.07) is 8.84. The Kier molecular flexibility index (Phi) is 5.18.